The molecular weight excluding hydrogens is 223 g/mol. The van der Waals surface area contributed by atoms with Crippen molar-refractivity contribution in [3.8, 4) is 0 Å². The summed E-state index contributed by atoms with van der Waals surface area (Å²) in [6, 6.07) is 4.90. The Morgan fingerprint density at radius 1 is 1.43 bits per heavy atom. The Labute approximate surface area is 92.0 Å². The van der Waals surface area contributed by atoms with Gasteiger partial charge < -0.3 is 11.5 Å². The first kappa shape index (κ1) is 11.3. The standard InChI is InChI=1S/C9H10Cl2N2O/c1-9(13,8(12)14)5-3-2-4-6(10)7(5)11/h2-4H,13H2,1H3,(H2,12,14). The Morgan fingerprint density at radius 2 is 2.00 bits per heavy atom. The summed E-state index contributed by atoms with van der Waals surface area (Å²) in [7, 11) is 0. The Balaban J connectivity index is 3.33. The van der Waals surface area contributed by atoms with Crippen molar-refractivity contribution >= 4 is 29.1 Å². The number of halogens is 2. The molecule has 1 amide bonds. The van der Waals surface area contributed by atoms with Crippen LogP contribution in [0.2, 0.25) is 10.0 Å². The number of amides is 1. The van der Waals surface area contributed by atoms with Gasteiger partial charge in [-0.05, 0) is 13.0 Å². The average molecular weight is 233 g/mol. The monoisotopic (exact) mass is 232 g/mol. The number of primary amides is 1. The van der Waals surface area contributed by atoms with Gasteiger partial charge in [-0.2, -0.15) is 0 Å². The van der Waals surface area contributed by atoms with E-state index in [2.05, 4.69) is 0 Å². The predicted molar refractivity (Wildman–Crippen MR) is 57.2 cm³/mol. The van der Waals surface area contributed by atoms with Crippen LogP contribution < -0.4 is 11.5 Å². The number of rotatable bonds is 2. The molecule has 0 bridgehead atoms. The van der Waals surface area contributed by atoms with Crippen LogP contribution in [0.3, 0.4) is 0 Å². The molecule has 76 valence electrons. The fraction of sp³-hybridized carbons (Fsp3) is 0.222. The number of carbonyl (C=O) groups excluding carboxylic acids is 1. The van der Waals surface area contributed by atoms with Crippen LogP contribution in [0.4, 0.5) is 0 Å². The van der Waals surface area contributed by atoms with Crippen molar-refractivity contribution in [1.82, 2.24) is 0 Å². The van der Waals surface area contributed by atoms with Crippen LogP contribution in [-0.2, 0) is 10.3 Å². The minimum absolute atomic E-state index is 0.262. The molecule has 1 unspecified atom stereocenters. The predicted octanol–water partition coefficient (Wildman–Crippen LogP) is 1.65. The SMILES string of the molecule is CC(N)(C(N)=O)c1cccc(Cl)c1Cl. The van der Waals surface area contributed by atoms with E-state index in [0.29, 0.717) is 10.6 Å². The third-order valence-corrected chi connectivity index (χ3v) is 2.84. The van der Waals surface area contributed by atoms with Crippen molar-refractivity contribution in [3.05, 3.63) is 33.8 Å². The zero-order chi connectivity index (χ0) is 10.9. The first-order valence-corrected chi connectivity index (χ1v) is 4.66. The summed E-state index contributed by atoms with van der Waals surface area (Å²) in [6.45, 7) is 1.49. The molecule has 0 aliphatic rings. The van der Waals surface area contributed by atoms with Crippen molar-refractivity contribution < 1.29 is 4.79 Å². The molecule has 0 fully saturated rings. The summed E-state index contributed by atoms with van der Waals surface area (Å²) in [5, 5.41) is 0.611. The number of benzene rings is 1. The van der Waals surface area contributed by atoms with E-state index in [1.807, 2.05) is 0 Å². The molecule has 0 saturated carbocycles. The van der Waals surface area contributed by atoms with E-state index in [9.17, 15) is 4.79 Å². The van der Waals surface area contributed by atoms with Crippen LogP contribution in [0.1, 0.15) is 12.5 Å². The smallest absolute Gasteiger partial charge is 0.241 e. The maximum atomic E-state index is 11.1. The van der Waals surface area contributed by atoms with Gasteiger partial charge in [0.2, 0.25) is 5.91 Å². The second kappa shape index (κ2) is 3.77. The van der Waals surface area contributed by atoms with Crippen molar-refractivity contribution in [3.63, 3.8) is 0 Å². The van der Waals surface area contributed by atoms with Gasteiger partial charge in [0.05, 0.1) is 10.0 Å². The summed E-state index contributed by atoms with van der Waals surface area (Å²) in [5.41, 5.74) is 10.0. The molecule has 0 saturated heterocycles. The van der Waals surface area contributed by atoms with Crippen LogP contribution in [0, 0.1) is 0 Å². The molecule has 0 aliphatic heterocycles. The van der Waals surface area contributed by atoms with Crippen molar-refractivity contribution in [2.75, 3.05) is 0 Å². The molecule has 1 aromatic rings. The lowest BCUT2D eigenvalue weighted by molar-refractivity contribution is -0.122. The number of carbonyl (C=O) groups is 1. The fourth-order valence-corrected chi connectivity index (χ4v) is 1.53. The van der Waals surface area contributed by atoms with Gasteiger partial charge in [-0.25, -0.2) is 0 Å². The van der Waals surface area contributed by atoms with Gasteiger partial charge in [0.15, 0.2) is 0 Å². The summed E-state index contributed by atoms with van der Waals surface area (Å²) in [5.74, 6) is -0.651. The van der Waals surface area contributed by atoms with E-state index < -0.39 is 11.4 Å². The molecule has 1 aromatic carbocycles. The Bertz CT molecular complexity index is 377. The fourth-order valence-electron chi connectivity index (χ4n) is 1.04. The topological polar surface area (TPSA) is 69.1 Å². The summed E-state index contributed by atoms with van der Waals surface area (Å²) < 4.78 is 0. The molecule has 1 rings (SSSR count). The molecule has 0 aromatic heterocycles. The first-order valence-electron chi connectivity index (χ1n) is 3.90. The maximum Gasteiger partial charge on any atom is 0.241 e. The van der Waals surface area contributed by atoms with E-state index in [4.69, 9.17) is 34.7 Å². The van der Waals surface area contributed by atoms with Gasteiger partial charge in [-0.3, -0.25) is 4.79 Å². The minimum Gasteiger partial charge on any atom is -0.368 e. The molecule has 5 heteroatoms. The Kier molecular flexibility index (Phi) is 3.04. The third-order valence-electron chi connectivity index (χ3n) is 2.02. The van der Waals surface area contributed by atoms with E-state index in [0.717, 1.165) is 0 Å². The highest BCUT2D eigenvalue weighted by atomic mass is 35.5. The second-order valence-corrected chi connectivity index (χ2v) is 3.95. The maximum absolute atomic E-state index is 11.1. The van der Waals surface area contributed by atoms with E-state index in [1.54, 1.807) is 18.2 Å². The summed E-state index contributed by atoms with van der Waals surface area (Å²) in [6.07, 6.45) is 0. The first-order chi connectivity index (χ1) is 6.37. The minimum atomic E-state index is -1.30. The van der Waals surface area contributed by atoms with E-state index in [-0.39, 0.29) is 5.02 Å². The molecule has 4 N–H and O–H groups in total. The summed E-state index contributed by atoms with van der Waals surface area (Å²) >= 11 is 11.7. The second-order valence-electron chi connectivity index (χ2n) is 3.17. The third kappa shape index (κ3) is 1.85. The van der Waals surface area contributed by atoms with Crippen LogP contribution in [-0.4, -0.2) is 5.91 Å². The van der Waals surface area contributed by atoms with Crippen LogP contribution >= 0.6 is 23.2 Å². The summed E-state index contributed by atoms with van der Waals surface area (Å²) in [4.78, 5) is 11.1. The molecule has 0 aliphatic carbocycles. The van der Waals surface area contributed by atoms with Gasteiger partial charge in [0.25, 0.3) is 0 Å². The van der Waals surface area contributed by atoms with Crippen molar-refractivity contribution in [2.24, 2.45) is 11.5 Å². The molecule has 0 spiro atoms. The van der Waals surface area contributed by atoms with Crippen molar-refractivity contribution in [2.45, 2.75) is 12.5 Å². The molecule has 3 nitrogen and oxygen atoms in total. The number of nitrogens with two attached hydrogens (primary N) is 2. The lowest BCUT2D eigenvalue weighted by atomic mass is 9.92. The van der Waals surface area contributed by atoms with Crippen LogP contribution in [0.15, 0.2) is 18.2 Å². The van der Waals surface area contributed by atoms with Gasteiger partial charge in [0.1, 0.15) is 5.54 Å². The molecule has 14 heavy (non-hydrogen) atoms. The molecule has 0 radical (unpaired) electrons. The average Bonchev–Trinajstić information content (AvgIpc) is 2.09. The lowest BCUT2D eigenvalue weighted by Gasteiger charge is -2.22. The van der Waals surface area contributed by atoms with Gasteiger partial charge in [-0.1, -0.05) is 35.3 Å². The zero-order valence-corrected chi connectivity index (χ0v) is 9.06. The van der Waals surface area contributed by atoms with Gasteiger partial charge >= 0.3 is 0 Å². The van der Waals surface area contributed by atoms with Gasteiger partial charge in [0, 0.05) is 5.56 Å². The highest BCUT2D eigenvalue weighted by molar-refractivity contribution is 6.42. The number of hydrogen-bond donors (Lipinski definition) is 2. The molecule has 1 atom stereocenters. The van der Waals surface area contributed by atoms with Gasteiger partial charge in [-0.15, -0.1) is 0 Å². The number of hydrogen-bond acceptors (Lipinski definition) is 2. The Hall–Kier alpha value is -0.770. The van der Waals surface area contributed by atoms with Crippen molar-refractivity contribution in [1.29, 1.82) is 0 Å². The quantitative estimate of drug-likeness (QED) is 0.815. The van der Waals surface area contributed by atoms with E-state index >= 15 is 0 Å². The van der Waals surface area contributed by atoms with Crippen LogP contribution in [0.5, 0.6) is 0 Å². The zero-order valence-electron chi connectivity index (χ0n) is 7.55. The largest absolute Gasteiger partial charge is 0.368 e. The normalized spacial score (nSPS) is 14.9. The Morgan fingerprint density at radius 3 is 2.50 bits per heavy atom. The van der Waals surface area contributed by atoms with E-state index in [1.165, 1.54) is 6.92 Å². The van der Waals surface area contributed by atoms with Crippen LogP contribution in [0.25, 0.3) is 0 Å². The highest BCUT2D eigenvalue weighted by Crippen LogP contribution is 2.31. The molecule has 0 heterocycles. The highest BCUT2D eigenvalue weighted by Gasteiger charge is 2.30. The molecular formula is C9H10Cl2N2O. The lowest BCUT2D eigenvalue weighted by Crippen LogP contribution is -2.46.